The Morgan fingerprint density at radius 3 is 2.43 bits per heavy atom. The summed E-state index contributed by atoms with van der Waals surface area (Å²) in [5, 5.41) is 5.42. The molecule has 1 fully saturated rings. The molecule has 1 aliphatic heterocycles. The molecule has 0 aromatic heterocycles. The maximum Gasteiger partial charge on any atom is 0.319 e. The molecule has 0 bridgehead atoms. The first kappa shape index (κ1) is 15.3. The van der Waals surface area contributed by atoms with Gasteiger partial charge in [0.1, 0.15) is 0 Å². The van der Waals surface area contributed by atoms with Gasteiger partial charge in [-0.05, 0) is 19.2 Å². The molecule has 1 aromatic rings. The lowest BCUT2D eigenvalue weighted by Gasteiger charge is -2.32. The summed E-state index contributed by atoms with van der Waals surface area (Å²) in [6.07, 6.45) is 0.339. The Kier molecular flexibility index (Phi) is 5.57. The zero-order valence-corrected chi connectivity index (χ0v) is 12.3. The maximum absolute atomic E-state index is 12.0. The van der Waals surface area contributed by atoms with Crippen LogP contribution in [0.25, 0.3) is 0 Å². The van der Waals surface area contributed by atoms with Gasteiger partial charge in [0.15, 0.2) is 0 Å². The highest BCUT2D eigenvalue weighted by Gasteiger charge is 2.18. The van der Waals surface area contributed by atoms with Crippen molar-refractivity contribution in [2.45, 2.75) is 6.42 Å². The van der Waals surface area contributed by atoms with Crippen molar-refractivity contribution in [2.24, 2.45) is 0 Å². The predicted octanol–water partition coefficient (Wildman–Crippen LogP) is 0.972. The molecule has 21 heavy (non-hydrogen) atoms. The summed E-state index contributed by atoms with van der Waals surface area (Å²) >= 11 is 0. The molecule has 6 nitrogen and oxygen atoms in total. The van der Waals surface area contributed by atoms with E-state index in [4.69, 9.17) is 0 Å². The predicted molar refractivity (Wildman–Crippen MR) is 82.2 cm³/mol. The third kappa shape index (κ3) is 5.07. The highest BCUT2D eigenvalue weighted by molar-refractivity contribution is 5.89. The van der Waals surface area contributed by atoms with Crippen LogP contribution in [0.1, 0.15) is 6.42 Å². The minimum Gasteiger partial charge on any atom is -0.340 e. The highest BCUT2D eigenvalue weighted by atomic mass is 16.2. The van der Waals surface area contributed by atoms with Crippen molar-refractivity contribution in [3.8, 4) is 0 Å². The number of nitrogens with one attached hydrogen (secondary N) is 2. The zero-order chi connectivity index (χ0) is 15.1. The van der Waals surface area contributed by atoms with Gasteiger partial charge < -0.3 is 20.4 Å². The highest BCUT2D eigenvalue weighted by Crippen LogP contribution is 2.04. The topological polar surface area (TPSA) is 64.7 Å². The number of rotatable bonds is 4. The van der Waals surface area contributed by atoms with E-state index >= 15 is 0 Å². The summed E-state index contributed by atoms with van der Waals surface area (Å²) in [5.41, 5.74) is 0.736. The van der Waals surface area contributed by atoms with Gasteiger partial charge in [-0.3, -0.25) is 4.79 Å². The van der Waals surface area contributed by atoms with Crippen LogP contribution in [-0.2, 0) is 4.79 Å². The van der Waals surface area contributed by atoms with Gasteiger partial charge in [-0.25, -0.2) is 4.79 Å². The van der Waals surface area contributed by atoms with Crippen molar-refractivity contribution >= 4 is 17.6 Å². The summed E-state index contributed by atoms with van der Waals surface area (Å²) in [5.74, 6) is 0.100. The summed E-state index contributed by atoms with van der Waals surface area (Å²) in [6, 6.07) is 8.94. The molecular weight excluding hydrogens is 268 g/mol. The zero-order valence-electron chi connectivity index (χ0n) is 12.3. The minimum absolute atomic E-state index is 0.100. The van der Waals surface area contributed by atoms with Gasteiger partial charge in [0.25, 0.3) is 0 Å². The van der Waals surface area contributed by atoms with Crippen LogP contribution in [0.15, 0.2) is 30.3 Å². The van der Waals surface area contributed by atoms with Crippen LogP contribution in [0.5, 0.6) is 0 Å². The van der Waals surface area contributed by atoms with Crippen molar-refractivity contribution in [1.82, 2.24) is 15.1 Å². The molecule has 2 rings (SSSR count). The number of urea groups is 1. The molecule has 1 aromatic carbocycles. The molecule has 0 atom stereocenters. The number of hydrogen-bond donors (Lipinski definition) is 2. The Morgan fingerprint density at radius 1 is 1.10 bits per heavy atom. The van der Waals surface area contributed by atoms with Gasteiger partial charge in [0.05, 0.1) is 0 Å². The number of amides is 3. The van der Waals surface area contributed by atoms with E-state index in [-0.39, 0.29) is 11.9 Å². The van der Waals surface area contributed by atoms with E-state index in [0.717, 1.165) is 31.9 Å². The van der Waals surface area contributed by atoms with Crippen LogP contribution in [0, 0.1) is 0 Å². The standard InChI is InChI=1S/C15H22N4O2/c1-18-9-11-19(12-10-18)14(20)7-8-16-15(21)17-13-5-3-2-4-6-13/h2-6H,7-12H2,1H3,(H2,16,17,21). The van der Waals surface area contributed by atoms with Gasteiger partial charge >= 0.3 is 6.03 Å². The molecular formula is C15H22N4O2. The van der Waals surface area contributed by atoms with Crippen molar-refractivity contribution < 1.29 is 9.59 Å². The third-order valence-electron chi connectivity index (χ3n) is 3.51. The van der Waals surface area contributed by atoms with E-state index in [1.165, 1.54) is 0 Å². The maximum atomic E-state index is 12.0. The molecule has 2 N–H and O–H groups in total. The lowest BCUT2D eigenvalue weighted by Crippen LogP contribution is -2.47. The van der Waals surface area contributed by atoms with Crippen molar-refractivity contribution in [3.63, 3.8) is 0 Å². The number of carbonyl (C=O) groups excluding carboxylic acids is 2. The fourth-order valence-corrected chi connectivity index (χ4v) is 2.19. The number of anilines is 1. The number of likely N-dealkylation sites (N-methyl/N-ethyl adjacent to an activating group) is 1. The molecule has 0 saturated carbocycles. The van der Waals surface area contributed by atoms with Crippen LogP contribution in [0.3, 0.4) is 0 Å². The average Bonchev–Trinajstić information content (AvgIpc) is 2.49. The van der Waals surface area contributed by atoms with Crippen LogP contribution >= 0.6 is 0 Å². The SMILES string of the molecule is CN1CCN(C(=O)CCNC(=O)Nc2ccccc2)CC1. The van der Waals surface area contributed by atoms with Gasteiger partial charge in [-0.15, -0.1) is 0 Å². The molecule has 0 spiro atoms. The number of carbonyl (C=O) groups is 2. The first-order chi connectivity index (χ1) is 10.1. The number of benzene rings is 1. The fourth-order valence-electron chi connectivity index (χ4n) is 2.19. The lowest BCUT2D eigenvalue weighted by atomic mass is 10.3. The largest absolute Gasteiger partial charge is 0.340 e. The lowest BCUT2D eigenvalue weighted by molar-refractivity contribution is -0.132. The summed E-state index contributed by atoms with van der Waals surface area (Å²) in [7, 11) is 2.05. The normalized spacial score (nSPS) is 15.6. The number of nitrogens with zero attached hydrogens (tertiary/aromatic N) is 2. The van der Waals surface area contributed by atoms with Gasteiger partial charge in [-0.1, -0.05) is 18.2 Å². The summed E-state index contributed by atoms with van der Waals surface area (Å²) in [6.45, 7) is 3.71. The van der Waals surface area contributed by atoms with Crippen LogP contribution in [0.4, 0.5) is 10.5 Å². The second-order valence-corrected chi connectivity index (χ2v) is 5.18. The molecule has 1 saturated heterocycles. The molecule has 1 heterocycles. The van der Waals surface area contributed by atoms with Crippen LogP contribution in [-0.4, -0.2) is 61.5 Å². The molecule has 0 unspecified atom stereocenters. The second-order valence-electron chi connectivity index (χ2n) is 5.18. The van der Waals surface area contributed by atoms with E-state index in [1.807, 2.05) is 35.2 Å². The Balaban J connectivity index is 1.64. The Bertz CT molecular complexity index is 470. The quantitative estimate of drug-likeness (QED) is 0.868. The second kappa shape index (κ2) is 7.64. The van der Waals surface area contributed by atoms with E-state index in [1.54, 1.807) is 0 Å². The Hall–Kier alpha value is -2.08. The van der Waals surface area contributed by atoms with E-state index in [2.05, 4.69) is 22.6 Å². The molecule has 0 radical (unpaired) electrons. The summed E-state index contributed by atoms with van der Waals surface area (Å²) < 4.78 is 0. The first-order valence-electron chi connectivity index (χ1n) is 7.21. The van der Waals surface area contributed by atoms with E-state index in [0.29, 0.717) is 13.0 Å². The van der Waals surface area contributed by atoms with Gasteiger partial charge in [-0.2, -0.15) is 0 Å². The van der Waals surface area contributed by atoms with E-state index in [9.17, 15) is 9.59 Å². The average molecular weight is 290 g/mol. The smallest absolute Gasteiger partial charge is 0.319 e. The molecule has 3 amide bonds. The van der Waals surface area contributed by atoms with E-state index < -0.39 is 0 Å². The molecule has 1 aliphatic rings. The monoisotopic (exact) mass is 290 g/mol. The van der Waals surface area contributed by atoms with Crippen molar-refractivity contribution in [1.29, 1.82) is 0 Å². The van der Waals surface area contributed by atoms with Crippen molar-refractivity contribution in [2.75, 3.05) is 45.1 Å². The summed E-state index contributed by atoms with van der Waals surface area (Å²) in [4.78, 5) is 27.7. The number of hydrogen-bond acceptors (Lipinski definition) is 3. The first-order valence-corrected chi connectivity index (χ1v) is 7.21. The molecule has 114 valence electrons. The number of para-hydroxylation sites is 1. The van der Waals surface area contributed by atoms with Crippen LogP contribution < -0.4 is 10.6 Å². The number of piperazine rings is 1. The molecule has 0 aliphatic carbocycles. The fraction of sp³-hybridized carbons (Fsp3) is 0.467. The molecule has 6 heteroatoms. The van der Waals surface area contributed by atoms with Crippen molar-refractivity contribution in [3.05, 3.63) is 30.3 Å². The van der Waals surface area contributed by atoms with Gasteiger partial charge in [0.2, 0.25) is 5.91 Å². The Labute approximate surface area is 125 Å². The third-order valence-corrected chi connectivity index (χ3v) is 3.51. The Morgan fingerprint density at radius 2 is 1.76 bits per heavy atom. The van der Waals surface area contributed by atoms with Crippen LogP contribution in [0.2, 0.25) is 0 Å². The van der Waals surface area contributed by atoms with Gasteiger partial charge in [0, 0.05) is 44.8 Å². The minimum atomic E-state index is -0.285.